The molecule has 2 atom stereocenters. The van der Waals surface area contributed by atoms with Crippen molar-refractivity contribution in [2.45, 2.75) is 49.8 Å². The summed E-state index contributed by atoms with van der Waals surface area (Å²) in [7, 11) is 2.12. The first kappa shape index (κ1) is 12.1. The van der Waals surface area contributed by atoms with E-state index in [1.807, 2.05) is 0 Å². The molecule has 98 valence electrons. The lowest BCUT2D eigenvalue weighted by molar-refractivity contribution is -0.0894. The maximum absolute atomic E-state index is 13.8. The zero-order chi connectivity index (χ0) is 12.8. The van der Waals surface area contributed by atoms with E-state index in [1.54, 1.807) is 12.1 Å². The molecule has 2 saturated heterocycles. The van der Waals surface area contributed by atoms with E-state index in [9.17, 15) is 9.50 Å². The second-order valence-corrected chi connectivity index (χ2v) is 5.69. The van der Waals surface area contributed by atoms with Crippen LogP contribution in [0.15, 0.2) is 18.3 Å². The summed E-state index contributed by atoms with van der Waals surface area (Å²) < 4.78 is 13.8. The zero-order valence-electron chi connectivity index (χ0n) is 10.6. The number of nitrogens with zero attached hydrogens (tertiary/aromatic N) is 2. The Bertz CT molecular complexity index is 437. The van der Waals surface area contributed by atoms with Gasteiger partial charge in [-0.3, -0.25) is 0 Å². The Hall–Kier alpha value is -1.00. The summed E-state index contributed by atoms with van der Waals surface area (Å²) in [6.07, 6.45) is 6.06. The fourth-order valence-corrected chi connectivity index (χ4v) is 3.60. The fourth-order valence-electron chi connectivity index (χ4n) is 3.60. The molecule has 1 N–H and O–H groups in total. The monoisotopic (exact) mass is 250 g/mol. The van der Waals surface area contributed by atoms with E-state index in [4.69, 9.17) is 0 Å². The van der Waals surface area contributed by atoms with Crippen molar-refractivity contribution in [3.05, 3.63) is 29.8 Å². The molecule has 3 nitrogen and oxygen atoms in total. The van der Waals surface area contributed by atoms with E-state index < -0.39 is 11.5 Å². The quantitative estimate of drug-likeness (QED) is 0.775. The van der Waals surface area contributed by atoms with Gasteiger partial charge in [-0.05, 0) is 38.8 Å². The lowest BCUT2D eigenvalue weighted by Crippen LogP contribution is -2.55. The molecule has 18 heavy (non-hydrogen) atoms. The van der Waals surface area contributed by atoms with Crippen molar-refractivity contribution in [2.75, 3.05) is 7.05 Å². The second kappa shape index (κ2) is 4.28. The molecule has 2 fully saturated rings. The van der Waals surface area contributed by atoms with Crippen LogP contribution < -0.4 is 0 Å². The average Bonchev–Trinajstić information content (AvgIpc) is 2.32. The molecule has 4 heteroatoms. The largest absolute Gasteiger partial charge is 0.385 e. The van der Waals surface area contributed by atoms with E-state index in [2.05, 4.69) is 16.9 Å². The molecule has 0 spiro atoms. The van der Waals surface area contributed by atoms with Crippen LogP contribution in [-0.2, 0) is 5.60 Å². The SMILES string of the molecule is CN1C2CCCC1CC(O)(c1cccnc1F)C2. The highest BCUT2D eigenvalue weighted by molar-refractivity contribution is 5.22. The van der Waals surface area contributed by atoms with Crippen LogP contribution in [0, 0.1) is 5.95 Å². The topological polar surface area (TPSA) is 36.4 Å². The first-order valence-corrected chi connectivity index (χ1v) is 6.65. The van der Waals surface area contributed by atoms with Crippen LogP contribution in [0.1, 0.15) is 37.7 Å². The summed E-state index contributed by atoms with van der Waals surface area (Å²) >= 11 is 0. The van der Waals surface area contributed by atoms with Crippen molar-refractivity contribution in [2.24, 2.45) is 0 Å². The van der Waals surface area contributed by atoms with Gasteiger partial charge in [-0.1, -0.05) is 12.5 Å². The van der Waals surface area contributed by atoms with E-state index in [0.29, 0.717) is 30.5 Å². The summed E-state index contributed by atoms with van der Waals surface area (Å²) in [5.41, 5.74) is -0.671. The third-order valence-corrected chi connectivity index (χ3v) is 4.63. The van der Waals surface area contributed by atoms with Crippen LogP contribution in [0.3, 0.4) is 0 Å². The Morgan fingerprint density at radius 2 is 2.06 bits per heavy atom. The number of aliphatic hydroxyl groups is 1. The van der Waals surface area contributed by atoms with Gasteiger partial charge in [-0.15, -0.1) is 0 Å². The second-order valence-electron chi connectivity index (χ2n) is 5.69. The highest BCUT2D eigenvalue weighted by Crippen LogP contribution is 2.43. The zero-order valence-corrected chi connectivity index (χ0v) is 10.6. The maximum atomic E-state index is 13.8. The Kier molecular flexibility index (Phi) is 2.87. The third-order valence-electron chi connectivity index (χ3n) is 4.63. The highest BCUT2D eigenvalue weighted by atomic mass is 19.1. The van der Waals surface area contributed by atoms with Crippen molar-refractivity contribution in [1.29, 1.82) is 0 Å². The van der Waals surface area contributed by atoms with Gasteiger partial charge in [0.2, 0.25) is 5.95 Å². The van der Waals surface area contributed by atoms with Crippen LogP contribution in [0.25, 0.3) is 0 Å². The molecule has 0 aromatic carbocycles. The first-order valence-electron chi connectivity index (χ1n) is 6.65. The van der Waals surface area contributed by atoms with Crippen LogP contribution >= 0.6 is 0 Å². The van der Waals surface area contributed by atoms with Crippen LogP contribution in [0.5, 0.6) is 0 Å². The van der Waals surface area contributed by atoms with Gasteiger partial charge in [0.1, 0.15) is 0 Å². The van der Waals surface area contributed by atoms with Crippen molar-refractivity contribution in [1.82, 2.24) is 9.88 Å². The van der Waals surface area contributed by atoms with Crippen molar-refractivity contribution >= 4 is 0 Å². The van der Waals surface area contributed by atoms with Gasteiger partial charge >= 0.3 is 0 Å². The van der Waals surface area contributed by atoms with Gasteiger partial charge in [0.25, 0.3) is 0 Å². The smallest absolute Gasteiger partial charge is 0.218 e. The Labute approximate surface area is 107 Å². The Balaban J connectivity index is 1.94. The van der Waals surface area contributed by atoms with Gasteiger partial charge in [-0.2, -0.15) is 4.39 Å². The summed E-state index contributed by atoms with van der Waals surface area (Å²) in [6.45, 7) is 0. The van der Waals surface area contributed by atoms with Gasteiger partial charge in [-0.25, -0.2) is 4.98 Å². The summed E-state index contributed by atoms with van der Waals surface area (Å²) in [5.74, 6) is -0.525. The summed E-state index contributed by atoms with van der Waals surface area (Å²) in [6, 6.07) is 4.10. The predicted octanol–water partition coefficient (Wildman–Crippen LogP) is 2.05. The van der Waals surface area contributed by atoms with E-state index in [1.165, 1.54) is 12.6 Å². The van der Waals surface area contributed by atoms with Crippen molar-refractivity contribution < 1.29 is 9.50 Å². The first-order chi connectivity index (χ1) is 8.60. The summed E-state index contributed by atoms with van der Waals surface area (Å²) in [5, 5.41) is 10.8. The molecule has 0 aliphatic carbocycles. The molecular weight excluding hydrogens is 231 g/mol. The van der Waals surface area contributed by atoms with Crippen LogP contribution in [0.2, 0.25) is 0 Å². The van der Waals surface area contributed by atoms with Crippen LogP contribution in [-0.4, -0.2) is 34.1 Å². The molecular formula is C14H19FN2O. The third kappa shape index (κ3) is 1.84. The molecule has 2 aliphatic rings. The number of pyridine rings is 1. The van der Waals surface area contributed by atoms with Gasteiger partial charge in [0.15, 0.2) is 0 Å². The number of halogens is 1. The highest BCUT2D eigenvalue weighted by Gasteiger charge is 2.46. The van der Waals surface area contributed by atoms with Gasteiger partial charge in [0.05, 0.1) is 5.60 Å². The summed E-state index contributed by atoms with van der Waals surface area (Å²) in [4.78, 5) is 6.03. The van der Waals surface area contributed by atoms with Gasteiger partial charge in [0, 0.05) is 23.8 Å². The fraction of sp³-hybridized carbons (Fsp3) is 0.643. The lowest BCUT2D eigenvalue weighted by atomic mass is 9.73. The van der Waals surface area contributed by atoms with Crippen LogP contribution in [0.4, 0.5) is 4.39 Å². The standard InChI is InChI=1S/C14H19FN2O/c1-17-10-4-2-5-11(17)9-14(18,8-10)12-6-3-7-16-13(12)15/h3,6-7,10-11,18H,2,4-5,8-9H2,1H3. The predicted molar refractivity (Wildman–Crippen MR) is 66.5 cm³/mol. The van der Waals surface area contributed by atoms with Crippen molar-refractivity contribution in [3.8, 4) is 0 Å². The molecule has 0 amide bonds. The van der Waals surface area contributed by atoms with E-state index in [-0.39, 0.29) is 0 Å². The Morgan fingerprint density at radius 3 is 2.67 bits per heavy atom. The minimum absolute atomic E-state index is 0.363. The Morgan fingerprint density at radius 1 is 1.39 bits per heavy atom. The molecule has 2 aliphatic heterocycles. The number of hydrogen-bond donors (Lipinski definition) is 1. The number of fused-ring (bicyclic) bond motifs is 2. The normalized spacial score (nSPS) is 36.6. The van der Waals surface area contributed by atoms with E-state index in [0.717, 1.165) is 12.8 Å². The number of piperidine rings is 2. The number of hydrogen-bond acceptors (Lipinski definition) is 3. The molecule has 2 unspecified atom stereocenters. The minimum atomic E-state index is -1.04. The molecule has 2 bridgehead atoms. The average molecular weight is 250 g/mol. The van der Waals surface area contributed by atoms with Gasteiger partial charge < -0.3 is 10.0 Å². The maximum Gasteiger partial charge on any atom is 0.218 e. The number of aromatic nitrogens is 1. The molecule has 0 saturated carbocycles. The van der Waals surface area contributed by atoms with Crippen molar-refractivity contribution in [3.63, 3.8) is 0 Å². The molecule has 0 radical (unpaired) electrons. The number of rotatable bonds is 1. The minimum Gasteiger partial charge on any atom is -0.385 e. The molecule has 1 aromatic rings. The molecule has 3 rings (SSSR count). The molecule has 3 heterocycles. The van der Waals surface area contributed by atoms with E-state index >= 15 is 0 Å². The molecule has 1 aromatic heterocycles. The lowest BCUT2D eigenvalue weighted by Gasteiger charge is -2.50.